The molecule has 0 amide bonds. The van der Waals surface area contributed by atoms with Crippen LogP contribution in [0.3, 0.4) is 0 Å². The van der Waals surface area contributed by atoms with Crippen LogP contribution in [-0.2, 0) is 10.0 Å². The van der Waals surface area contributed by atoms with Crippen LogP contribution < -0.4 is 9.83 Å². The van der Waals surface area contributed by atoms with Gasteiger partial charge in [-0.15, -0.1) is 0 Å². The van der Waals surface area contributed by atoms with Gasteiger partial charge in [-0.25, -0.2) is 8.42 Å². The second-order valence-electron chi connectivity index (χ2n) is 4.23. The minimum Gasteiger partial charge on any atom is -0.545 e. The van der Waals surface area contributed by atoms with Gasteiger partial charge in [-0.05, 0) is 29.3 Å². The Bertz CT molecular complexity index is 767. The molecule has 0 unspecified atom stereocenters. The van der Waals surface area contributed by atoms with Crippen molar-refractivity contribution in [1.29, 1.82) is 0 Å². The van der Waals surface area contributed by atoms with Gasteiger partial charge in [0.2, 0.25) is 0 Å². The number of sulfonamides is 1. The molecule has 5 nitrogen and oxygen atoms in total. The number of anilines is 1. The SMILES string of the molecule is O=C([O-])c1cccc(NS(=O)(=O)/C=C/c2ccccc2)c1. The standard InChI is InChI=1S/C15H13NO4S/c17-15(18)13-7-4-8-14(11-13)16-21(19,20)10-9-12-5-2-1-3-6-12/h1-11,16H,(H,17,18)/p-1/b10-9+. The summed E-state index contributed by atoms with van der Waals surface area (Å²) in [5.41, 5.74) is 0.808. The Morgan fingerprint density at radius 2 is 1.76 bits per heavy atom. The van der Waals surface area contributed by atoms with Crippen molar-refractivity contribution in [3.8, 4) is 0 Å². The predicted molar refractivity (Wildman–Crippen MR) is 78.8 cm³/mol. The number of rotatable bonds is 5. The van der Waals surface area contributed by atoms with Crippen LogP contribution in [0.25, 0.3) is 6.08 Å². The largest absolute Gasteiger partial charge is 0.545 e. The number of aromatic carboxylic acids is 1. The van der Waals surface area contributed by atoms with Crippen LogP contribution >= 0.6 is 0 Å². The van der Waals surface area contributed by atoms with Crippen molar-refractivity contribution >= 4 is 27.8 Å². The highest BCUT2D eigenvalue weighted by Gasteiger charge is 2.06. The molecule has 0 radical (unpaired) electrons. The molecule has 21 heavy (non-hydrogen) atoms. The van der Waals surface area contributed by atoms with Crippen molar-refractivity contribution < 1.29 is 18.3 Å². The van der Waals surface area contributed by atoms with Gasteiger partial charge in [-0.2, -0.15) is 0 Å². The Kier molecular flexibility index (Phi) is 4.39. The summed E-state index contributed by atoms with van der Waals surface area (Å²) >= 11 is 0. The van der Waals surface area contributed by atoms with Crippen molar-refractivity contribution in [2.45, 2.75) is 0 Å². The number of carbonyl (C=O) groups is 1. The molecular formula is C15H12NO4S-. The molecule has 2 rings (SSSR count). The van der Waals surface area contributed by atoms with Crippen LogP contribution in [0.4, 0.5) is 5.69 Å². The Hall–Kier alpha value is -2.60. The number of benzene rings is 2. The summed E-state index contributed by atoms with van der Waals surface area (Å²) in [6.07, 6.45) is 1.45. The third-order valence-corrected chi connectivity index (χ3v) is 3.61. The molecule has 0 heterocycles. The highest BCUT2D eigenvalue weighted by molar-refractivity contribution is 7.95. The normalized spacial score (nSPS) is 11.4. The number of nitrogens with one attached hydrogen (secondary N) is 1. The fourth-order valence-corrected chi connectivity index (χ4v) is 2.50. The summed E-state index contributed by atoms with van der Waals surface area (Å²) in [5.74, 6) is -1.36. The Balaban J connectivity index is 2.16. The second kappa shape index (κ2) is 6.23. The van der Waals surface area contributed by atoms with Gasteiger partial charge >= 0.3 is 0 Å². The molecule has 1 N–H and O–H groups in total. The van der Waals surface area contributed by atoms with E-state index in [4.69, 9.17) is 0 Å². The average molecular weight is 302 g/mol. The van der Waals surface area contributed by atoms with Crippen molar-refractivity contribution in [1.82, 2.24) is 0 Å². The van der Waals surface area contributed by atoms with E-state index in [0.717, 1.165) is 11.0 Å². The van der Waals surface area contributed by atoms with Gasteiger partial charge in [0.15, 0.2) is 0 Å². The van der Waals surface area contributed by atoms with Gasteiger partial charge in [-0.1, -0.05) is 42.5 Å². The molecule has 6 heteroatoms. The molecule has 0 spiro atoms. The Morgan fingerprint density at radius 3 is 2.43 bits per heavy atom. The van der Waals surface area contributed by atoms with Crippen molar-refractivity contribution in [2.75, 3.05) is 4.72 Å². The third-order valence-electron chi connectivity index (χ3n) is 2.60. The molecule has 0 aromatic heterocycles. The minimum atomic E-state index is -3.72. The smallest absolute Gasteiger partial charge is 0.255 e. The van der Waals surface area contributed by atoms with Crippen LogP contribution in [0.15, 0.2) is 60.0 Å². The molecule has 0 bridgehead atoms. The van der Waals surface area contributed by atoms with Gasteiger partial charge in [0.1, 0.15) is 0 Å². The first kappa shape index (κ1) is 14.8. The van der Waals surface area contributed by atoms with Gasteiger partial charge in [0.05, 0.1) is 11.4 Å². The topological polar surface area (TPSA) is 86.3 Å². The third kappa shape index (κ3) is 4.47. The van der Waals surface area contributed by atoms with E-state index in [9.17, 15) is 18.3 Å². The molecule has 108 valence electrons. The van der Waals surface area contributed by atoms with E-state index in [2.05, 4.69) is 4.72 Å². The zero-order valence-corrected chi connectivity index (χ0v) is 11.7. The molecular weight excluding hydrogens is 290 g/mol. The monoisotopic (exact) mass is 302 g/mol. The van der Waals surface area contributed by atoms with Gasteiger partial charge in [0, 0.05) is 5.69 Å². The van der Waals surface area contributed by atoms with Crippen molar-refractivity contribution in [2.24, 2.45) is 0 Å². The van der Waals surface area contributed by atoms with Crippen LogP contribution in [0.2, 0.25) is 0 Å². The van der Waals surface area contributed by atoms with Crippen LogP contribution in [0.1, 0.15) is 15.9 Å². The van der Waals surface area contributed by atoms with E-state index >= 15 is 0 Å². The molecule has 0 aliphatic carbocycles. The first-order valence-electron chi connectivity index (χ1n) is 6.04. The van der Waals surface area contributed by atoms with E-state index in [1.54, 1.807) is 24.3 Å². The van der Waals surface area contributed by atoms with Gasteiger partial charge < -0.3 is 9.90 Å². The summed E-state index contributed by atoms with van der Waals surface area (Å²) in [6.45, 7) is 0. The zero-order valence-electron chi connectivity index (χ0n) is 10.9. The molecule has 0 atom stereocenters. The van der Waals surface area contributed by atoms with Gasteiger partial charge in [0.25, 0.3) is 10.0 Å². The lowest BCUT2D eigenvalue weighted by Gasteiger charge is -2.07. The maximum atomic E-state index is 11.9. The van der Waals surface area contributed by atoms with E-state index in [0.29, 0.717) is 0 Å². The fourth-order valence-electron chi connectivity index (χ4n) is 1.64. The summed E-state index contributed by atoms with van der Waals surface area (Å²) in [7, 11) is -3.72. The number of carboxylic acids is 1. The lowest BCUT2D eigenvalue weighted by atomic mass is 10.2. The number of carbonyl (C=O) groups excluding carboxylic acids is 1. The maximum absolute atomic E-state index is 11.9. The molecule has 0 aliphatic rings. The second-order valence-corrected chi connectivity index (χ2v) is 5.80. The summed E-state index contributed by atoms with van der Waals surface area (Å²) < 4.78 is 26.1. The minimum absolute atomic E-state index is 0.0951. The van der Waals surface area contributed by atoms with Crippen LogP contribution in [0.5, 0.6) is 0 Å². The van der Waals surface area contributed by atoms with E-state index in [1.807, 2.05) is 6.07 Å². The molecule has 2 aromatic carbocycles. The van der Waals surface area contributed by atoms with Crippen molar-refractivity contribution in [3.05, 3.63) is 71.1 Å². The highest BCUT2D eigenvalue weighted by atomic mass is 32.2. The summed E-state index contributed by atoms with van der Waals surface area (Å²) in [4.78, 5) is 10.7. The summed E-state index contributed by atoms with van der Waals surface area (Å²) in [5, 5.41) is 11.7. The lowest BCUT2D eigenvalue weighted by molar-refractivity contribution is -0.255. The average Bonchev–Trinajstić information content (AvgIpc) is 2.46. The summed E-state index contributed by atoms with van der Waals surface area (Å²) in [6, 6.07) is 14.4. The molecule has 0 aliphatic heterocycles. The number of hydrogen-bond acceptors (Lipinski definition) is 4. The van der Waals surface area contributed by atoms with E-state index in [1.165, 1.54) is 30.3 Å². The first-order chi connectivity index (χ1) is 9.96. The highest BCUT2D eigenvalue weighted by Crippen LogP contribution is 2.13. The quantitative estimate of drug-likeness (QED) is 0.906. The number of carboxylic acid groups (broad SMARTS) is 1. The molecule has 0 fully saturated rings. The lowest BCUT2D eigenvalue weighted by Crippen LogP contribution is -2.22. The van der Waals surface area contributed by atoms with E-state index in [-0.39, 0.29) is 11.3 Å². The Labute approximate surface area is 122 Å². The van der Waals surface area contributed by atoms with Crippen molar-refractivity contribution in [3.63, 3.8) is 0 Å². The first-order valence-corrected chi connectivity index (χ1v) is 7.58. The molecule has 2 aromatic rings. The fraction of sp³-hybridized carbons (Fsp3) is 0. The number of hydrogen-bond donors (Lipinski definition) is 1. The van der Waals surface area contributed by atoms with E-state index < -0.39 is 16.0 Å². The molecule has 0 saturated heterocycles. The Morgan fingerprint density at radius 1 is 1.05 bits per heavy atom. The predicted octanol–water partition coefficient (Wildman–Crippen LogP) is 1.46. The molecule has 0 saturated carbocycles. The van der Waals surface area contributed by atoms with Crippen LogP contribution in [-0.4, -0.2) is 14.4 Å². The maximum Gasteiger partial charge on any atom is 0.255 e. The van der Waals surface area contributed by atoms with Gasteiger partial charge in [-0.3, -0.25) is 4.72 Å². The van der Waals surface area contributed by atoms with Crippen LogP contribution in [0, 0.1) is 0 Å². The zero-order chi connectivity index (χ0) is 15.3.